The van der Waals surface area contributed by atoms with E-state index in [1.807, 2.05) is 25.3 Å². The smallest absolute Gasteiger partial charge is 0.329 e. The van der Waals surface area contributed by atoms with Crippen LogP contribution >= 0.6 is 11.3 Å². The molecule has 1 saturated carbocycles. The number of pyridine rings is 1. The van der Waals surface area contributed by atoms with Crippen molar-refractivity contribution < 1.29 is 47.0 Å². The molecule has 3 aliphatic rings. The predicted octanol–water partition coefficient (Wildman–Crippen LogP) is 4.59. The number of hydrogen-bond donors (Lipinski definition) is 5. The van der Waals surface area contributed by atoms with Crippen LogP contribution in [0, 0.1) is 11.3 Å². The number of carboxylic acid groups (broad SMARTS) is 1. The molecular weight excluding hydrogens is 879 g/mol. The SMILES string of the molecule is COc1ccc2c(O[C@@H]3C[C@H]4C(=O)N[C@]5(C(=O)O)CC5CCCCCCC[C@H](NC(=O)NC(C(=O)N(C)S(=O)(=O)N(C)C)C(C)(C)C)C(=O)N4C3)cc(-c3csc(NC(C)C)n3)nc2c1. The number of urea groups is 1. The van der Waals surface area contributed by atoms with E-state index in [4.69, 9.17) is 19.4 Å². The summed E-state index contributed by atoms with van der Waals surface area (Å²) in [6, 6.07) is 2.70. The third kappa shape index (κ3) is 11.1. The van der Waals surface area contributed by atoms with Crippen LogP contribution in [0.3, 0.4) is 0 Å². The monoisotopic (exact) mass is 941 g/mol. The first-order valence-electron chi connectivity index (χ1n) is 22.1. The van der Waals surface area contributed by atoms with Crippen LogP contribution in [0.4, 0.5) is 9.93 Å². The molecule has 5 amide bonds. The van der Waals surface area contributed by atoms with Crippen molar-refractivity contribution in [3.8, 4) is 22.9 Å². The maximum atomic E-state index is 14.9. The van der Waals surface area contributed by atoms with Crippen LogP contribution in [0.1, 0.15) is 92.4 Å². The Kier molecular flexibility index (Phi) is 14.9. The standard InChI is InChI=1S/C44H63N9O10S2/c1-25(2)45-42-48-33(24-64-42)32-21-35(29-18-17-27(62-9)19-31(29)46-32)63-28-20-34-37(54)50-44(40(57)58)22-26(44)15-13-11-10-12-14-16-30(38(55)53(34)23-28)47-41(59)49-36(43(3,4)5)39(56)52(8)65(60,61)51(6)7/h17-19,21,24-26,28,30,34,36H,10-16,20,22-23H2,1-9H3,(H,45,48)(H,50,54)(H,57,58)(H2,47,49,59)/t26?,28-,30+,34+,36?,44-/m1/s1. The highest BCUT2D eigenvalue weighted by Gasteiger charge is 2.62. The Balaban J connectivity index is 1.33. The molecular formula is C44H63N9O10S2. The molecule has 0 radical (unpaired) electrons. The van der Waals surface area contributed by atoms with Gasteiger partial charge in [-0.15, -0.1) is 11.3 Å². The number of ether oxygens (including phenoxy) is 2. The van der Waals surface area contributed by atoms with Gasteiger partial charge in [0.05, 0.1) is 24.9 Å². The van der Waals surface area contributed by atoms with E-state index < -0.39 is 75.1 Å². The van der Waals surface area contributed by atoms with Gasteiger partial charge in [-0.3, -0.25) is 14.4 Å². The molecule has 356 valence electrons. The minimum Gasteiger partial charge on any atom is -0.497 e. The second kappa shape index (κ2) is 19.7. The summed E-state index contributed by atoms with van der Waals surface area (Å²) < 4.78 is 39.5. The van der Waals surface area contributed by atoms with Gasteiger partial charge in [0, 0.05) is 56.5 Å². The van der Waals surface area contributed by atoms with Crippen molar-refractivity contribution in [3.63, 3.8) is 0 Å². The minimum atomic E-state index is -4.19. The molecule has 0 spiro atoms. The number of carbonyl (C=O) groups excluding carboxylic acids is 4. The number of benzene rings is 1. The van der Waals surface area contributed by atoms with Gasteiger partial charge in [-0.25, -0.2) is 23.9 Å². The van der Waals surface area contributed by atoms with Crippen molar-refractivity contribution in [1.29, 1.82) is 0 Å². The Morgan fingerprint density at radius 3 is 2.35 bits per heavy atom. The van der Waals surface area contributed by atoms with Gasteiger partial charge < -0.3 is 40.7 Å². The summed E-state index contributed by atoms with van der Waals surface area (Å²) in [4.78, 5) is 80.7. The molecule has 21 heteroatoms. The summed E-state index contributed by atoms with van der Waals surface area (Å²) in [7, 11) is 1.05. The summed E-state index contributed by atoms with van der Waals surface area (Å²) in [5.74, 6) is -2.53. The van der Waals surface area contributed by atoms with E-state index in [0.717, 1.165) is 37.0 Å². The number of aromatic nitrogens is 2. The van der Waals surface area contributed by atoms with Crippen LogP contribution in [-0.2, 0) is 29.4 Å². The number of aliphatic carboxylic acids is 1. The quantitative estimate of drug-likeness (QED) is 0.167. The molecule has 0 bridgehead atoms. The van der Waals surface area contributed by atoms with E-state index >= 15 is 0 Å². The Labute approximate surface area is 384 Å². The van der Waals surface area contributed by atoms with Crippen molar-refractivity contribution >= 4 is 67.3 Å². The minimum absolute atomic E-state index is 0.00139. The third-order valence-electron chi connectivity index (χ3n) is 12.3. The van der Waals surface area contributed by atoms with Gasteiger partial charge in [0.15, 0.2) is 5.13 Å². The van der Waals surface area contributed by atoms with E-state index in [9.17, 15) is 37.5 Å². The van der Waals surface area contributed by atoms with Crippen molar-refractivity contribution in [1.82, 2.24) is 39.4 Å². The summed E-state index contributed by atoms with van der Waals surface area (Å²) >= 11 is 1.43. The largest absolute Gasteiger partial charge is 0.497 e. The molecule has 4 heterocycles. The zero-order valence-electron chi connectivity index (χ0n) is 38.6. The molecule has 1 aromatic carbocycles. The lowest BCUT2D eigenvalue weighted by Gasteiger charge is -2.34. The number of nitrogens with zero attached hydrogens (tertiary/aromatic N) is 5. The zero-order valence-corrected chi connectivity index (χ0v) is 40.2. The number of hydrogen-bond acceptors (Lipinski definition) is 13. The van der Waals surface area contributed by atoms with E-state index in [1.54, 1.807) is 46.1 Å². The van der Waals surface area contributed by atoms with Gasteiger partial charge in [0.1, 0.15) is 47.0 Å². The maximum Gasteiger partial charge on any atom is 0.329 e. The first-order valence-corrected chi connectivity index (χ1v) is 24.3. The summed E-state index contributed by atoms with van der Waals surface area (Å²) in [5.41, 5.74) is -0.745. The number of anilines is 1. The lowest BCUT2D eigenvalue weighted by atomic mass is 9.86. The average Bonchev–Trinajstić information content (AvgIpc) is 3.50. The normalized spacial score (nSPS) is 23.6. The molecule has 2 unspecified atom stereocenters. The Morgan fingerprint density at radius 2 is 1.71 bits per heavy atom. The molecule has 3 aromatic rings. The van der Waals surface area contributed by atoms with Crippen LogP contribution in [0.15, 0.2) is 29.6 Å². The summed E-state index contributed by atoms with van der Waals surface area (Å²) in [6.45, 7) is 8.96. The molecule has 6 atom stereocenters. The number of methoxy groups -OCH3 is 1. The third-order valence-corrected chi connectivity index (χ3v) is 14.9. The molecule has 3 fully saturated rings. The van der Waals surface area contributed by atoms with E-state index in [0.29, 0.717) is 56.1 Å². The second-order valence-electron chi connectivity index (χ2n) is 18.8. The number of thiazole rings is 1. The lowest BCUT2D eigenvalue weighted by molar-refractivity contribution is -0.145. The molecule has 2 saturated heterocycles. The predicted molar refractivity (Wildman–Crippen MR) is 246 cm³/mol. The van der Waals surface area contributed by atoms with Crippen molar-refractivity contribution in [2.75, 3.05) is 40.1 Å². The van der Waals surface area contributed by atoms with Crippen LogP contribution in [0.2, 0.25) is 0 Å². The number of amides is 5. The van der Waals surface area contributed by atoms with Gasteiger partial charge in [0.25, 0.3) is 5.91 Å². The first kappa shape index (κ1) is 49.2. The summed E-state index contributed by atoms with van der Waals surface area (Å²) in [5, 5.41) is 25.2. The first-order chi connectivity index (χ1) is 30.5. The number of carboxylic acids is 1. The van der Waals surface area contributed by atoms with Gasteiger partial charge in [-0.2, -0.15) is 12.7 Å². The number of likely N-dealkylation sites (N-methyl/N-ethyl adjacent to an activating group) is 1. The molecule has 19 nitrogen and oxygen atoms in total. The fraction of sp³-hybridized carbons (Fsp3) is 0.614. The Morgan fingerprint density at radius 1 is 1.02 bits per heavy atom. The molecule has 2 aromatic heterocycles. The van der Waals surface area contributed by atoms with E-state index in [1.165, 1.54) is 30.3 Å². The highest BCUT2D eigenvalue weighted by atomic mass is 32.2. The highest BCUT2D eigenvalue weighted by molar-refractivity contribution is 7.87. The van der Waals surface area contributed by atoms with Crippen molar-refractivity contribution in [2.45, 2.75) is 128 Å². The summed E-state index contributed by atoms with van der Waals surface area (Å²) in [6.07, 6.45) is 3.99. The molecule has 2 aliphatic heterocycles. The van der Waals surface area contributed by atoms with Gasteiger partial charge in [-0.1, -0.05) is 52.9 Å². The fourth-order valence-electron chi connectivity index (χ4n) is 8.49. The second-order valence-corrected chi connectivity index (χ2v) is 21.8. The van der Waals surface area contributed by atoms with Crippen molar-refractivity contribution in [2.24, 2.45) is 11.3 Å². The van der Waals surface area contributed by atoms with Gasteiger partial charge in [0.2, 0.25) is 11.8 Å². The molecule has 5 N–H and O–H groups in total. The van der Waals surface area contributed by atoms with Gasteiger partial charge >= 0.3 is 22.2 Å². The molecule has 6 rings (SSSR count). The Bertz CT molecular complexity index is 2390. The molecule has 1 aliphatic carbocycles. The number of carbonyl (C=O) groups is 5. The number of rotatable bonds is 12. The maximum absolute atomic E-state index is 14.9. The van der Waals surface area contributed by atoms with Crippen molar-refractivity contribution in [3.05, 3.63) is 29.6 Å². The number of fused-ring (bicyclic) bond motifs is 3. The van der Waals surface area contributed by atoms with Crippen LogP contribution in [-0.4, -0.2) is 137 Å². The molecule has 65 heavy (non-hydrogen) atoms. The Hall–Kier alpha value is -5.28. The van der Waals surface area contributed by atoms with Crippen LogP contribution in [0.5, 0.6) is 11.5 Å². The lowest BCUT2D eigenvalue weighted by Crippen LogP contribution is -2.61. The zero-order chi connectivity index (χ0) is 47.6. The van der Waals surface area contributed by atoms with Gasteiger partial charge in [-0.05, 0) is 56.6 Å². The highest BCUT2D eigenvalue weighted by Crippen LogP contribution is 2.48. The number of nitrogens with one attached hydrogen (secondary N) is 4. The van der Waals surface area contributed by atoms with E-state index in [-0.39, 0.29) is 37.8 Å². The van der Waals surface area contributed by atoms with E-state index in [2.05, 4.69) is 21.3 Å². The van der Waals surface area contributed by atoms with Crippen LogP contribution < -0.4 is 30.7 Å². The topological polar surface area (TPSA) is 242 Å². The average molecular weight is 942 g/mol. The van der Waals surface area contributed by atoms with Crippen LogP contribution in [0.25, 0.3) is 22.3 Å². The fourth-order valence-corrected chi connectivity index (χ4v) is 10.2.